The molecule has 0 fully saturated rings. The van der Waals surface area contributed by atoms with Gasteiger partial charge in [-0.05, 0) is 38.2 Å². The maximum Gasteiger partial charge on any atom is 0.325 e. The van der Waals surface area contributed by atoms with Crippen LogP contribution in [-0.4, -0.2) is 36.7 Å². The predicted octanol–water partition coefficient (Wildman–Crippen LogP) is 2.16. The van der Waals surface area contributed by atoms with Crippen molar-refractivity contribution >= 4 is 5.97 Å². The second-order valence-corrected chi connectivity index (χ2v) is 4.12. The van der Waals surface area contributed by atoms with E-state index in [1.165, 1.54) is 0 Å². The summed E-state index contributed by atoms with van der Waals surface area (Å²) in [7, 11) is 3.50. The SMILES string of the molecule is CCCOc1ccc(C(C(=O)O)N(C)C)cc1. The third-order valence-corrected chi connectivity index (χ3v) is 2.42. The zero-order valence-corrected chi connectivity index (χ0v) is 10.5. The summed E-state index contributed by atoms with van der Waals surface area (Å²) in [6.07, 6.45) is 0.956. The lowest BCUT2D eigenvalue weighted by molar-refractivity contribution is -0.142. The van der Waals surface area contributed by atoms with E-state index in [-0.39, 0.29) is 0 Å². The van der Waals surface area contributed by atoms with E-state index in [0.29, 0.717) is 6.61 Å². The molecule has 0 amide bonds. The van der Waals surface area contributed by atoms with E-state index >= 15 is 0 Å². The summed E-state index contributed by atoms with van der Waals surface area (Å²) in [5.41, 5.74) is 0.756. The lowest BCUT2D eigenvalue weighted by Gasteiger charge is -2.20. The van der Waals surface area contributed by atoms with Gasteiger partial charge in [0.25, 0.3) is 0 Å². The fourth-order valence-corrected chi connectivity index (χ4v) is 1.63. The Bertz CT molecular complexity index is 359. The Kier molecular flexibility index (Phi) is 4.97. The first kappa shape index (κ1) is 13.5. The number of carbonyl (C=O) groups is 1. The summed E-state index contributed by atoms with van der Waals surface area (Å²) in [6, 6.07) is 6.60. The standard InChI is InChI=1S/C13H19NO3/c1-4-9-17-11-7-5-10(6-8-11)12(13(15)16)14(2)3/h5-8,12H,4,9H2,1-3H3,(H,15,16). The van der Waals surface area contributed by atoms with Gasteiger partial charge in [-0.1, -0.05) is 19.1 Å². The molecule has 1 rings (SSSR count). The van der Waals surface area contributed by atoms with Crippen LogP contribution in [-0.2, 0) is 4.79 Å². The van der Waals surface area contributed by atoms with Crippen molar-refractivity contribution in [2.75, 3.05) is 20.7 Å². The third kappa shape index (κ3) is 3.75. The van der Waals surface area contributed by atoms with Gasteiger partial charge in [-0.15, -0.1) is 0 Å². The molecular weight excluding hydrogens is 218 g/mol. The van der Waals surface area contributed by atoms with Gasteiger partial charge in [-0.25, -0.2) is 0 Å². The normalized spacial score (nSPS) is 12.5. The van der Waals surface area contributed by atoms with Crippen LogP contribution < -0.4 is 4.74 Å². The van der Waals surface area contributed by atoms with Crippen LogP contribution >= 0.6 is 0 Å². The maximum absolute atomic E-state index is 11.1. The molecule has 0 heterocycles. The van der Waals surface area contributed by atoms with E-state index in [1.54, 1.807) is 31.1 Å². The Labute approximate surface area is 102 Å². The van der Waals surface area contributed by atoms with Crippen molar-refractivity contribution in [1.29, 1.82) is 0 Å². The zero-order chi connectivity index (χ0) is 12.8. The molecule has 0 aliphatic heterocycles. The summed E-state index contributed by atoms with van der Waals surface area (Å²) in [6.45, 7) is 2.72. The van der Waals surface area contributed by atoms with Gasteiger partial charge in [0.1, 0.15) is 11.8 Å². The first-order chi connectivity index (χ1) is 8.06. The van der Waals surface area contributed by atoms with Gasteiger partial charge in [-0.3, -0.25) is 9.69 Å². The number of ether oxygens (including phenoxy) is 1. The Morgan fingerprint density at radius 2 is 1.94 bits per heavy atom. The smallest absolute Gasteiger partial charge is 0.325 e. The minimum atomic E-state index is -0.850. The summed E-state index contributed by atoms with van der Waals surface area (Å²) >= 11 is 0. The number of nitrogens with zero attached hydrogens (tertiary/aromatic N) is 1. The average molecular weight is 237 g/mol. The number of hydrogen-bond donors (Lipinski definition) is 1. The van der Waals surface area contributed by atoms with E-state index in [4.69, 9.17) is 9.84 Å². The molecule has 0 saturated heterocycles. The Balaban J connectivity index is 2.81. The zero-order valence-electron chi connectivity index (χ0n) is 10.5. The number of carboxylic acids is 1. The van der Waals surface area contributed by atoms with Crippen molar-refractivity contribution in [2.45, 2.75) is 19.4 Å². The first-order valence-electron chi connectivity index (χ1n) is 5.68. The third-order valence-electron chi connectivity index (χ3n) is 2.42. The van der Waals surface area contributed by atoms with E-state index in [1.807, 2.05) is 19.1 Å². The Hall–Kier alpha value is -1.55. The predicted molar refractivity (Wildman–Crippen MR) is 66.3 cm³/mol. The molecule has 4 nitrogen and oxygen atoms in total. The minimum absolute atomic E-state index is 0.616. The number of aliphatic carboxylic acids is 1. The van der Waals surface area contributed by atoms with Crippen LogP contribution in [0.15, 0.2) is 24.3 Å². The van der Waals surface area contributed by atoms with E-state index in [9.17, 15) is 4.79 Å². The fourth-order valence-electron chi connectivity index (χ4n) is 1.63. The highest BCUT2D eigenvalue weighted by molar-refractivity contribution is 5.75. The van der Waals surface area contributed by atoms with Crippen molar-refractivity contribution in [2.24, 2.45) is 0 Å². The number of benzene rings is 1. The van der Waals surface area contributed by atoms with Crippen LogP contribution in [0.2, 0.25) is 0 Å². The quantitative estimate of drug-likeness (QED) is 0.823. The minimum Gasteiger partial charge on any atom is -0.494 e. The molecule has 0 bridgehead atoms. The molecule has 1 N–H and O–H groups in total. The largest absolute Gasteiger partial charge is 0.494 e. The van der Waals surface area contributed by atoms with Crippen molar-refractivity contribution in [3.8, 4) is 5.75 Å². The summed E-state index contributed by atoms with van der Waals surface area (Å²) in [5, 5.41) is 9.13. The molecule has 1 aromatic rings. The van der Waals surface area contributed by atoms with Crippen LogP contribution in [0, 0.1) is 0 Å². The average Bonchev–Trinajstić information content (AvgIpc) is 2.27. The van der Waals surface area contributed by atoms with Crippen LogP contribution in [0.1, 0.15) is 24.9 Å². The Morgan fingerprint density at radius 1 is 1.35 bits per heavy atom. The van der Waals surface area contributed by atoms with Crippen molar-refractivity contribution in [3.63, 3.8) is 0 Å². The Morgan fingerprint density at radius 3 is 2.35 bits per heavy atom. The summed E-state index contributed by atoms with van der Waals surface area (Å²) < 4.78 is 5.45. The van der Waals surface area contributed by atoms with Crippen molar-refractivity contribution < 1.29 is 14.6 Å². The molecule has 0 radical (unpaired) electrons. The number of hydrogen-bond acceptors (Lipinski definition) is 3. The topological polar surface area (TPSA) is 49.8 Å². The molecule has 0 aliphatic rings. The van der Waals surface area contributed by atoms with Gasteiger partial charge in [-0.2, -0.15) is 0 Å². The molecule has 17 heavy (non-hydrogen) atoms. The van der Waals surface area contributed by atoms with Gasteiger partial charge in [0, 0.05) is 0 Å². The molecular formula is C13H19NO3. The first-order valence-corrected chi connectivity index (χ1v) is 5.68. The number of carboxylic acid groups (broad SMARTS) is 1. The second-order valence-electron chi connectivity index (χ2n) is 4.12. The molecule has 0 saturated carbocycles. The molecule has 1 unspecified atom stereocenters. The molecule has 0 aliphatic carbocycles. The molecule has 1 atom stereocenters. The highest BCUT2D eigenvalue weighted by Crippen LogP contribution is 2.21. The van der Waals surface area contributed by atoms with Crippen LogP contribution in [0.4, 0.5) is 0 Å². The van der Waals surface area contributed by atoms with Gasteiger partial charge in [0.15, 0.2) is 0 Å². The lowest BCUT2D eigenvalue weighted by atomic mass is 10.1. The lowest BCUT2D eigenvalue weighted by Crippen LogP contribution is -2.27. The highest BCUT2D eigenvalue weighted by atomic mass is 16.5. The summed E-state index contributed by atoms with van der Waals surface area (Å²) in [5.74, 6) is -0.0734. The van der Waals surface area contributed by atoms with E-state index in [2.05, 4.69) is 0 Å². The number of rotatable bonds is 6. The van der Waals surface area contributed by atoms with Crippen molar-refractivity contribution in [3.05, 3.63) is 29.8 Å². The van der Waals surface area contributed by atoms with Crippen LogP contribution in [0.25, 0.3) is 0 Å². The highest BCUT2D eigenvalue weighted by Gasteiger charge is 2.21. The van der Waals surface area contributed by atoms with Crippen molar-refractivity contribution in [1.82, 2.24) is 4.90 Å². The molecule has 94 valence electrons. The number of likely N-dealkylation sites (N-methyl/N-ethyl adjacent to an activating group) is 1. The van der Waals surface area contributed by atoms with E-state index in [0.717, 1.165) is 17.7 Å². The monoisotopic (exact) mass is 237 g/mol. The van der Waals surface area contributed by atoms with E-state index < -0.39 is 12.0 Å². The summed E-state index contributed by atoms with van der Waals surface area (Å²) in [4.78, 5) is 12.8. The fraction of sp³-hybridized carbons (Fsp3) is 0.462. The van der Waals surface area contributed by atoms with Crippen LogP contribution in [0.5, 0.6) is 5.75 Å². The molecule has 0 aromatic heterocycles. The van der Waals surface area contributed by atoms with Gasteiger partial charge < -0.3 is 9.84 Å². The maximum atomic E-state index is 11.1. The second kappa shape index (κ2) is 6.25. The molecule has 0 spiro atoms. The van der Waals surface area contributed by atoms with Crippen LogP contribution in [0.3, 0.4) is 0 Å². The molecule has 4 heteroatoms. The van der Waals surface area contributed by atoms with Gasteiger partial charge in [0.2, 0.25) is 0 Å². The molecule has 1 aromatic carbocycles. The van der Waals surface area contributed by atoms with Gasteiger partial charge >= 0.3 is 5.97 Å². The van der Waals surface area contributed by atoms with Gasteiger partial charge in [0.05, 0.1) is 6.61 Å².